The average Bonchev–Trinajstić information content (AvgIpc) is 2.58. The molecule has 1 aromatic heterocycles. The second-order valence-corrected chi connectivity index (χ2v) is 2.73. The summed E-state index contributed by atoms with van der Waals surface area (Å²) in [5.41, 5.74) is 1.20. The molecule has 1 aliphatic carbocycles. The normalized spacial score (nSPS) is 18.0. The van der Waals surface area contributed by atoms with Gasteiger partial charge >= 0.3 is 0 Å². The first-order valence-corrected chi connectivity index (χ1v) is 3.95. The highest BCUT2D eigenvalue weighted by atomic mass is 16.3. The van der Waals surface area contributed by atoms with Crippen molar-refractivity contribution in [3.05, 3.63) is 24.4 Å². The highest BCUT2D eigenvalue weighted by molar-refractivity contribution is 5.58. The van der Waals surface area contributed by atoms with E-state index in [0.29, 0.717) is 0 Å². The molecule has 2 rings (SSSR count). The van der Waals surface area contributed by atoms with Crippen molar-refractivity contribution in [3.63, 3.8) is 0 Å². The van der Waals surface area contributed by atoms with Gasteiger partial charge in [0.25, 0.3) is 0 Å². The zero-order chi connectivity index (χ0) is 7.52. The maximum absolute atomic E-state index is 5.16. The van der Waals surface area contributed by atoms with Crippen LogP contribution >= 0.6 is 0 Å². The summed E-state index contributed by atoms with van der Waals surface area (Å²) in [7, 11) is 0. The Bertz CT molecular complexity index is 249. The van der Waals surface area contributed by atoms with Gasteiger partial charge in [-0.25, -0.2) is 4.98 Å². The third-order valence-electron chi connectivity index (χ3n) is 1.92. The lowest BCUT2D eigenvalue weighted by molar-refractivity contribution is 0.537. The molecule has 0 atom stereocenters. The first kappa shape index (κ1) is 6.65. The molecule has 1 heterocycles. The largest absolute Gasteiger partial charge is 0.444 e. The summed E-state index contributed by atoms with van der Waals surface area (Å²) in [5, 5.41) is 0. The molecule has 2 heteroatoms. The fraction of sp³-hybridized carbons (Fsp3) is 0.444. The second kappa shape index (κ2) is 2.91. The Morgan fingerprint density at radius 1 is 1.45 bits per heavy atom. The van der Waals surface area contributed by atoms with Gasteiger partial charge in [-0.05, 0) is 37.3 Å². The van der Waals surface area contributed by atoms with Gasteiger partial charge in [-0.3, -0.25) is 0 Å². The highest BCUT2D eigenvalue weighted by Gasteiger charge is 2.08. The molecule has 0 spiro atoms. The second-order valence-electron chi connectivity index (χ2n) is 2.73. The van der Waals surface area contributed by atoms with E-state index < -0.39 is 0 Å². The summed E-state index contributed by atoms with van der Waals surface area (Å²) in [6.07, 6.45) is 11.2. The summed E-state index contributed by atoms with van der Waals surface area (Å²) >= 11 is 0. The Hall–Kier alpha value is -1.05. The number of hydrogen-bond donors (Lipinski definition) is 0. The Morgan fingerprint density at radius 2 is 2.45 bits per heavy atom. The molecule has 2 nitrogen and oxygen atoms in total. The predicted octanol–water partition coefficient (Wildman–Crippen LogP) is 2.44. The van der Waals surface area contributed by atoms with E-state index in [0.717, 1.165) is 18.6 Å². The van der Waals surface area contributed by atoms with Crippen molar-refractivity contribution in [2.45, 2.75) is 25.7 Å². The zero-order valence-electron chi connectivity index (χ0n) is 6.34. The molecule has 1 aliphatic rings. The van der Waals surface area contributed by atoms with Gasteiger partial charge in [-0.2, -0.15) is 0 Å². The van der Waals surface area contributed by atoms with Crippen molar-refractivity contribution < 1.29 is 4.42 Å². The molecule has 0 aromatic carbocycles. The monoisotopic (exact) mass is 148 g/mol. The van der Waals surface area contributed by atoms with Crippen LogP contribution < -0.4 is 0 Å². The molecule has 57 valence electrons. The lowest BCUT2D eigenvalue weighted by atomic mass is 9.98. The summed E-state index contributed by atoms with van der Waals surface area (Å²) in [5.74, 6) is 0.893. The lowest BCUT2D eigenvalue weighted by Gasteiger charge is -2.07. The molecular weight excluding hydrogens is 138 g/mol. The van der Waals surface area contributed by atoms with Crippen LogP contribution in [0.1, 0.15) is 31.4 Å². The topological polar surface area (TPSA) is 26.0 Å². The van der Waals surface area contributed by atoms with E-state index in [4.69, 9.17) is 4.42 Å². The van der Waals surface area contributed by atoms with Crippen LogP contribution in [0.25, 0.3) is 5.57 Å². The van der Waals surface area contributed by atoms with E-state index in [1.807, 2.05) is 0 Å². The van der Waals surface area contributed by atoms with Crippen LogP contribution in [0.4, 0.5) is 0 Å². The molecule has 11 heavy (non-hydrogen) atoms. The third-order valence-corrected chi connectivity index (χ3v) is 1.92. The summed E-state index contributed by atoms with van der Waals surface area (Å²) in [4.78, 5) is 3.87. The van der Waals surface area contributed by atoms with Crippen molar-refractivity contribution in [3.8, 4) is 0 Å². The van der Waals surface area contributed by atoms with E-state index >= 15 is 0 Å². The number of oxazole rings is 1. The van der Waals surface area contributed by atoms with Crippen molar-refractivity contribution >= 4 is 5.57 Å². The number of rotatable bonds is 1. The molecule has 0 bridgehead atoms. The molecular formula is C9H10NO. The molecule has 0 amide bonds. The van der Waals surface area contributed by atoms with Crippen molar-refractivity contribution in [2.24, 2.45) is 0 Å². The third kappa shape index (κ3) is 1.34. The molecule has 0 fully saturated rings. The Kier molecular flexibility index (Phi) is 1.76. The number of allylic oxidation sites excluding steroid dienone is 2. The van der Waals surface area contributed by atoms with Gasteiger partial charge in [0.2, 0.25) is 0 Å². The maximum atomic E-state index is 5.16. The molecule has 1 radical (unpaired) electrons. The summed E-state index contributed by atoms with van der Waals surface area (Å²) < 4.78 is 5.16. The van der Waals surface area contributed by atoms with E-state index in [1.54, 1.807) is 6.20 Å². The Labute approximate surface area is 65.9 Å². The number of nitrogens with zero attached hydrogens (tertiary/aromatic N) is 1. The van der Waals surface area contributed by atoms with Crippen LogP contribution in [0.2, 0.25) is 0 Å². The molecule has 0 aliphatic heterocycles. The van der Waals surface area contributed by atoms with Crippen molar-refractivity contribution in [2.75, 3.05) is 0 Å². The lowest BCUT2D eigenvalue weighted by Crippen LogP contribution is -1.90. The van der Waals surface area contributed by atoms with Gasteiger partial charge in [0.1, 0.15) is 0 Å². The minimum atomic E-state index is 0.893. The van der Waals surface area contributed by atoms with Crippen LogP contribution in [-0.4, -0.2) is 4.98 Å². The molecule has 0 saturated carbocycles. The van der Waals surface area contributed by atoms with Crippen LogP contribution in [0, 0.1) is 6.08 Å². The van der Waals surface area contributed by atoms with Gasteiger partial charge in [-0.1, -0.05) is 0 Å². The number of aromatic nitrogens is 1. The van der Waals surface area contributed by atoms with E-state index in [1.165, 1.54) is 24.8 Å². The predicted molar refractivity (Wildman–Crippen MR) is 41.6 cm³/mol. The average molecular weight is 148 g/mol. The first-order chi connectivity index (χ1) is 5.47. The fourth-order valence-electron chi connectivity index (χ4n) is 1.33. The molecule has 0 unspecified atom stereocenters. The Morgan fingerprint density at radius 3 is 3.09 bits per heavy atom. The quantitative estimate of drug-likeness (QED) is 0.611. The van der Waals surface area contributed by atoms with Crippen molar-refractivity contribution in [1.82, 2.24) is 4.98 Å². The summed E-state index contributed by atoms with van der Waals surface area (Å²) in [6.45, 7) is 0. The highest BCUT2D eigenvalue weighted by Crippen LogP contribution is 2.25. The van der Waals surface area contributed by atoms with Crippen LogP contribution in [0.15, 0.2) is 17.0 Å². The number of hydrogen-bond acceptors (Lipinski definition) is 2. The van der Waals surface area contributed by atoms with E-state index in [2.05, 4.69) is 11.1 Å². The van der Waals surface area contributed by atoms with Gasteiger partial charge < -0.3 is 4.42 Å². The van der Waals surface area contributed by atoms with Gasteiger partial charge in [0, 0.05) is 0 Å². The molecule has 0 N–H and O–H groups in total. The van der Waals surface area contributed by atoms with Gasteiger partial charge in [0.05, 0.1) is 6.20 Å². The SMILES string of the molecule is [C]1=C(c2cnco2)CCCC1. The van der Waals surface area contributed by atoms with Gasteiger partial charge in [0.15, 0.2) is 12.2 Å². The van der Waals surface area contributed by atoms with E-state index in [9.17, 15) is 0 Å². The molecule has 1 aromatic rings. The fourth-order valence-corrected chi connectivity index (χ4v) is 1.33. The van der Waals surface area contributed by atoms with Crippen molar-refractivity contribution in [1.29, 1.82) is 0 Å². The van der Waals surface area contributed by atoms with Crippen LogP contribution in [0.5, 0.6) is 0 Å². The first-order valence-electron chi connectivity index (χ1n) is 3.95. The maximum Gasteiger partial charge on any atom is 0.181 e. The van der Waals surface area contributed by atoms with Crippen LogP contribution in [-0.2, 0) is 0 Å². The summed E-state index contributed by atoms with van der Waals surface area (Å²) in [6, 6.07) is 0. The van der Waals surface area contributed by atoms with E-state index in [-0.39, 0.29) is 0 Å². The minimum absolute atomic E-state index is 0.893. The molecule has 0 saturated heterocycles. The Balaban J connectivity index is 2.22. The standard InChI is InChI=1S/C9H10NO/c1-2-4-8(5-3-1)9-6-10-7-11-9/h6-7H,1-4H2. The smallest absolute Gasteiger partial charge is 0.181 e. The van der Waals surface area contributed by atoms with Crippen LogP contribution in [0.3, 0.4) is 0 Å². The van der Waals surface area contributed by atoms with Gasteiger partial charge in [-0.15, -0.1) is 0 Å². The zero-order valence-corrected chi connectivity index (χ0v) is 6.34. The minimum Gasteiger partial charge on any atom is -0.444 e.